The second kappa shape index (κ2) is 20.5. The molecule has 274 valence electrons. The lowest BCUT2D eigenvalue weighted by atomic mass is 10.0. The minimum atomic E-state index is -1.32. The van der Waals surface area contributed by atoms with E-state index in [1.165, 1.54) is 0 Å². The summed E-state index contributed by atoms with van der Waals surface area (Å²) in [5, 5.41) is 24.6. The predicted molar refractivity (Wildman–Crippen MR) is 204 cm³/mol. The maximum absolute atomic E-state index is 10.9. The highest BCUT2D eigenvalue weighted by Gasteiger charge is 2.20. The third-order valence-electron chi connectivity index (χ3n) is 7.76. The molecule has 3 N–H and O–H groups in total. The van der Waals surface area contributed by atoms with Crippen LogP contribution in [-0.4, -0.2) is 55.3 Å². The fourth-order valence-electron chi connectivity index (χ4n) is 4.67. The van der Waals surface area contributed by atoms with Crippen molar-refractivity contribution in [2.24, 2.45) is 0 Å². The maximum atomic E-state index is 10.9. The van der Waals surface area contributed by atoms with Gasteiger partial charge in [-0.25, -0.2) is 0 Å². The van der Waals surface area contributed by atoms with Crippen molar-refractivity contribution < 1.29 is 38.6 Å². The molecule has 9 heteroatoms. The first-order valence-corrected chi connectivity index (χ1v) is 17.0. The van der Waals surface area contributed by atoms with Crippen molar-refractivity contribution >= 4 is 5.69 Å². The normalized spacial score (nSPS) is 13.2. The number of benzene rings is 4. The third kappa shape index (κ3) is 13.8. The van der Waals surface area contributed by atoms with E-state index in [9.17, 15) is 10.2 Å². The molecule has 0 bridgehead atoms. The second-order valence-corrected chi connectivity index (χ2v) is 12.3. The first kappa shape index (κ1) is 39.5. The van der Waals surface area contributed by atoms with E-state index >= 15 is 0 Å². The molecule has 4 aromatic carbocycles. The molecule has 9 nitrogen and oxygen atoms in total. The highest BCUT2D eigenvalue weighted by atomic mass is 16.7. The van der Waals surface area contributed by atoms with Crippen molar-refractivity contribution in [3.8, 4) is 11.5 Å². The maximum Gasteiger partial charge on any atom is 0.235 e. The molecular weight excluding hydrogens is 658 g/mol. The zero-order valence-electron chi connectivity index (χ0n) is 29.9. The van der Waals surface area contributed by atoms with E-state index in [0.29, 0.717) is 51.8 Å². The van der Waals surface area contributed by atoms with Gasteiger partial charge in [0.25, 0.3) is 0 Å². The van der Waals surface area contributed by atoms with Crippen LogP contribution in [-0.2, 0) is 25.4 Å². The summed E-state index contributed by atoms with van der Waals surface area (Å²) in [7, 11) is 0. The molecule has 0 saturated carbocycles. The van der Waals surface area contributed by atoms with E-state index in [-0.39, 0.29) is 26.4 Å². The van der Waals surface area contributed by atoms with Gasteiger partial charge in [-0.3, -0.25) is 0 Å². The number of ether oxygens (including phenoxy) is 6. The van der Waals surface area contributed by atoms with Gasteiger partial charge in [0.05, 0.1) is 0 Å². The molecule has 0 heterocycles. The van der Waals surface area contributed by atoms with Crippen LogP contribution in [0, 0.1) is 0 Å². The summed E-state index contributed by atoms with van der Waals surface area (Å²) in [6.45, 7) is 19.6. The van der Waals surface area contributed by atoms with Crippen LogP contribution in [0.1, 0.15) is 36.8 Å². The van der Waals surface area contributed by atoms with Gasteiger partial charge in [-0.15, -0.1) is 0 Å². The van der Waals surface area contributed by atoms with Crippen LogP contribution in [0.5, 0.6) is 11.5 Å². The lowest BCUT2D eigenvalue weighted by Crippen LogP contribution is -2.35. The summed E-state index contributed by atoms with van der Waals surface area (Å²) in [5.41, 5.74) is 4.78. The quantitative estimate of drug-likeness (QED) is 0.0401. The number of para-hydroxylation sites is 2. The molecule has 4 rings (SSSR count). The Morgan fingerprint density at radius 2 is 1.02 bits per heavy atom. The van der Waals surface area contributed by atoms with Crippen molar-refractivity contribution in [3.05, 3.63) is 175 Å². The zero-order valence-corrected chi connectivity index (χ0v) is 29.9. The van der Waals surface area contributed by atoms with Crippen molar-refractivity contribution in [1.29, 1.82) is 0 Å². The third-order valence-corrected chi connectivity index (χ3v) is 7.76. The van der Waals surface area contributed by atoms with E-state index in [1.54, 1.807) is 6.92 Å². The molecular formula is C43H49NO8. The average Bonchev–Trinajstić information content (AvgIpc) is 3.15. The highest BCUT2D eigenvalue weighted by Crippen LogP contribution is 2.22. The van der Waals surface area contributed by atoms with Gasteiger partial charge in [0, 0.05) is 11.3 Å². The highest BCUT2D eigenvalue weighted by molar-refractivity contribution is 5.45. The molecule has 0 aliphatic carbocycles. The van der Waals surface area contributed by atoms with Gasteiger partial charge < -0.3 is 44.0 Å². The van der Waals surface area contributed by atoms with Crippen molar-refractivity contribution in [1.82, 2.24) is 0 Å². The Labute approximate surface area is 307 Å². The Kier molecular flexibility index (Phi) is 15.6. The monoisotopic (exact) mass is 707 g/mol. The molecule has 0 radical (unpaired) electrons. The molecule has 0 spiro atoms. The first-order valence-electron chi connectivity index (χ1n) is 17.0. The van der Waals surface area contributed by atoms with Crippen LogP contribution >= 0.6 is 0 Å². The summed E-state index contributed by atoms with van der Waals surface area (Å²) >= 11 is 0. The number of allylic oxidation sites excluding steroid dienone is 2. The average molecular weight is 708 g/mol. The smallest absolute Gasteiger partial charge is 0.235 e. The SMILES string of the molecule is C=C(C)C(=C)OCC(COc1ccccc1)OC(O)Nc1ccc(Cc2ccc(C(O)OC(COC(=C)C(=C)C)COc3ccccc3)cc2)cc1. The summed E-state index contributed by atoms with van der Waals surface area (Å²) in [6, 6.07) is 33.9. The molecule has 4 atom stereocenters. The van der Waals surface area contributed by atoms with E-state index < -0.39 is 24.9 Å². The number of nitrogens with one attached hydrogen (secondary N) is 1. The van der Waals surface area contributed by atoms with Gasteiger partial charge in [-0.2, -0.15) is 0 Å². The minimum Gasteiger partial charge on any atom is -0.491 e. The fourth-order valence-corrected chi connectivity index (χ4v) is 4.67. The molecule has 0 fully saturated rings. The Morgan fingerprint density at radius 1 is 0.577 bits per heavy atom. The van der Waals surface area contributed by atoms with E-state index in [1.807, 2.05) is 116 Å². The van der Waals surface area contributed by atoms with Crippen LogP contribution in [0.2, 0.25) is 0 Å². The van der Waals surface area contributed by atoms with E-state index in [2.05, 4.69) is 31.6 Å². The molecule has 0 amide bonds. The number of anilines is 1. The molecule has 0 saturated heterocycles. The molecule has 4 aromatic rings. The first-order chi connectivity index (χ1) is 25.0. The number of hydrogen-bond acceptors (Lipinski definition) is 9. The van der Waals surface area contributed by atoms with E-state index in [4.69, 9.17) is 28.4 Å². The van der Waals surface area contributed by atoms with Crippen molar-refractivity contribution in [3.63, 3.8) is 0 Å². The van der Waals surface area contributed by atoms with Crippen molar-refractivity contribution in [2.75, 3.05) is 31.7 Å². The van der Waals surface area contributed by atoms with Crippen LogP contribution in [0.15, 0.2) is 158 Å². The lowest BCUT2D eigenvalue weighted by molar-refractivity contribution is -0.160. The van der Waals surface area contributed by atoms with Gasteiger partial charge in [-0.05, 0) is 78.9 Å². The Hall–Kier alpha value is -5.32. The standard InChI is InChI=1S/C43H49NO8/c1-30(2)32(5)47-26-40(28-49-38-13-9-7-10-14-38)51-42(45)36-21-17-34(18-22-36)25-35-19-23-37(24-20-35)44-43(46)52-41(27-48-33(6)31(3)4)29-50-39-15-11-8-12-16-39/h7-24,40-46H,1,3,5-6,25-29H2,2,4H3. The predicted octanol–water partition coefficient (Wildman–Crippen LogP) is 8.10. The summed E-state index contributed by atoms with van der Waals surface area (Å²) < 4.78 is 34.9. The van der Waals surface area contributed by atoms with Crippen molar-refractivity contribution in [2.45, 2.75) is 45.2 Å². The van der Waals surface area contributed by atoms with Crippen LogP contribution in [0.25, 0.3) is 0 Å². The summed E-state index contributed by atoms with van der Waals surface area (Å²) in [4.78, 5) is 0. The van der Waals surface area contributed by atoms with Gasteiger partial charge in [0.2, 0.25) is 6.41 Å². The summed E-state index contributed by atoms with van der Waals surface area (Å²) in [5.74, 6) is 2.26. The topological polar surface area (TPSA) is 108 Å². The number of aliphatic hydroxyl groups is 2. The minimum absolute atomic E-state index is 0.113. The number of aliphatic hydroxyl groups excluding tert-OH is 2. The van der Waals surface area contributed by atoms with Gasteiger partial charge in [0.15, 0.2) is 6.29 Å². The Balaban J connectivity index is 1.29. The van der Waals surface area contributed by atoms with Crippen LogP contribution < -0.4 is 14.8 Å². The largest absolute Gasteiger partial charge is 0.491 e. The van der Waals surface area contributed by atoms with E-state index in [0.717, 1.165) is 11.1 Å². The number of rotatable bonds is 23. The Bertz CT molecular complexity index is 1710. The molecule has 4 unspecified atom stereocenters. The zero-order chi connectivity index (χ0) is 37.3. The Morgan fingerprint density at radius 3 is 1.48 bits per heavy atom. The van der Waals surface area contributed by atoms with Crippen LogP contribution in [0.3, 0.4) is 0 Å². The molecule has 0 aliphatic heterocycles. The van der Waals surface area contributed by atoms with Gasteiger partial charge >= 0.3 is 0 Å². The molecule has 52 heavy (non-hydrogen) atoms. The number of hydrogen-bond donors (Lipinski definition) is 3. The van der Waals surface area contributed by atoms with Crippen LogP contribution in [0.4, 0.5) is 5.69 Å². The lowest BCUT2D eigenvalue weighted by Gasteiger charge is -2.24. The second-order valence-electron chi connectivity index (χ2n) is 12.3. The van der Waals surface area contributed by atoms with Gasteiger partial charge in [0.1, 0.15) is 61.7 Å². The summed E-state index contributed by atoms with van der Waals surface area (Å²) in [6.07, 6.45) is -3.04. The molecule has 0 aromatic heterocycles. The van der Waals surface area contributed by atoms with Gasteiger partial charge in [-0.1, -0.05) is 99.1 Å². The molecule has 0 aliphatic rings. The fraction of sp³-hybridized carbons (Fsp3) is 0.256.